The minimum absolute atomic E-state index is 0.101. The number of nitrogens with zero attached hydrogens (tertiary/aromatic N) is 3. The molecule has 0 aliphatic carbocycles. The Morgan fingerprint density at radius 2 is 2.15 bits per heavy atom. The lowest BCUT2D eigenvalue weighted by Gasteiger charge is -2.15. The van der Waals surface area contributed by atoms with Crippen LogP contribution in [0.3, 0.4) is 0 Å². The van der Waals surface area contributed by atoms with Crippen LogP contribution in [0.15, 0.2) is 29.2 Å². The number of aromatic amines is 1. The van der Waals surface area contributed by atoms with E-state index < -0.39 is 10.0 Å². The van der Waals surface area contributed by atoms with Gasteiger partial charge in [0.25, 0.3) is 0 Å². The summed E-state index contributed by atoms with van der Waals surface area (Å²) in [4.78, 5) is 4.27. The fourth-order valence-corrected chi connectivity index (χ4v) is 2.85. The molecule has 0 spiro atoms. The smallest absolute Gasteiger partial charge is 0.243 e. The third-order valence-corrected chi connectivity index (χ3v) is 4.56. The van der Waals surface area contributed by atoms with E-state index in [-0.39, 0.29) is 11.4 Å². The minimum Gasteiger partial charge on any atom is -0.497 e. The highest BCUT2D eigenvalue weighted by Gasteiger charge is 2.22. The molecule has 0 atom stereocenters. The van der Waals surface area contributed by atoms with Gasteiger partial charge >= 0.3 is 0 Å². The maximum absolute atomic E-state index is 12.4. The van der Waals surface area contributed by atoms with E-state index in [1.807, 2.05) is 0 Å². The van der Waals surface area contributed by atoms with Gasteiger partial charge in [-0.05, 0) is 19.1 Å². The van der Waals surface area contributed by atoms with Crippen LogP contribution < -0.4 is 4.74 Å². The van der Waals surface area contributed by atoms with Crippen LogP contribution in [0.1, 0.15) is 11.6 Å². The highest BCUT2D eigenvalue weighted by molar-refractivity contribution is 7.89. The summed E-state index contributed by atoms with van der Waals surface area (Å²) in [6.45, 7) is 1.86. The highest BCUT2D eigenvalue weighted by atomic mass is 32.2. The van der Waals surface area contributed by atoms with Gasteiger partial charge in [0, 0.05) is 13.1 Å². The minimum atomic E-state index is -3.60. The second-order valence-electron chi connectivity index (χ2n) is 4.28. The molecule has 0 unspecified atom stereocenters. The third kappa shape index (κ3) is 2.97. The van der Waals surface area contributed by atoms with Gasteiger partial charge in [0.1, 0.15) is 11.6 Å². The van der Waals surface area contributed by atoms with Gasteiger partial charge in [-0.1, -0.05) is 6.07 Å². The summed E-state index contributed by atoms with van der Waals surface area (Å²) in [5.74, 6) is 1.57. The summed E-state index contributed by atoms with van der Waals surface area (Å²) in [5.41, 5.74) is 0. The summed E-state index contributed by atoms with van der Waals surface area (Å²) in [6.07, 6.45) is 0. The summed E-state index contributed by atoms with van der Waals surface area (Å²) in [7, 11) is -0.623. The summed E-state index contributed by atoms with van der Waals surface area (Å²) in [5, 5.41) is 6.61. The van der Waals surface area contributed by atoms with Crippen LogP contribution in [0.2, 0.25) is 0 Å². The number of aryl methyl sites for hydroxylation is 1. The van der Waals surface area contributed by atoms with Crippen molar-refractivity contribution in [2.45, 2.75) is 18.4 Å². The lowest BCUT2D eigenvalue weighted by Crippen LogP contribution is -2.27. The number of benzene rings is 1. The zero-order valence-corrected chi connectivity index (χ0v) is 12.3. The molecule has 20 heavy (non-hydrogen) atoms. The third-order valence-electron chi connectivity index (χ3n) is 2.76. The first-order chi connectivity index (χ1) is 9.43. The first kappa shape index (κ1) is 14.5. The number of ether oxygens (including phenoxy) is 1. The van der Waals surface area contributed by atoms with Crippen molar-refractivity contribution in [1.29, 1.82) is 0 Å². The summed E-state index contributed by atoms with van der Waals surface area (Å²) < 4.78 is 31.1. The van der Waals surface area contributed by atoms with Gasteiger partial charge in [-0.3, -0.25) is 5.10 Å². The number of nitrogens with one attached hydrogen (secondary N) is 1. The molecule has 0 saturated carbocycles. The number of rotatable bonds is 5. The van der Waals surface area contributed by atoms with Gasteiger partial charge in [-0.15, -0.1) is 0 Å². The topological polar surface area (TPSA) is 88.2 Å². The fraction of sp³-hybridized carbons (Fsp3) is 0.333. The second-order valence-corrected chi connectivity index (χ2v) is 6.32. The Morgan fingerprint density at radius 1 is 1.40 bits per heavy atom. The highest BCUT2D eigenvalue weighted by Crippen LogP contribution is 2.20. The molecule has 2 rings (SSSR count). The van der Waals surface area contributed by atoms with E-state index in [9.17, 15) is 8.42 Å². The van der Waals surface area contributed by atoms with Crippen molar-refractivity contribution in [3.8, 4) is 5.75 Å². The quantitative estimate of drug-likeness (QED) is 0.887. The molecule has 0 aliphatic heterocycles. The lowest BCUT2D eigenvalue weighted by molar-refractivity contribution is 0.412. The average molecular weight is 296 g/mol. The van der Waals surface area contributed by atoms with Crippen molar-refractivity contribution in [3.63, 3.8) is 0 Å². The number of aromatic nitrogens is 3. The summed E-state index contributed by atoms with van der Waals surface area (Å²) in [6, 6.07) is 6.33. The number of methoxy groups -OCH3 is 1. The zero-order chi connectivity index (χ0) is 14.8. The first-order valence-electron chi connectivity index (χ1n) is 5.92. The number of sulfonamides is 1. The average Bonchev–Trinajstić information content (AvgIpc) is 2.84. The maximum Gasteiger partial charge on any atom is 0.243 e. The summed E-state index contributed by atoms with van der Waals surface area (Å²) >= 11 is 0. The standard InChI is InChI=1S/C12H16N4O3S/c1-9-13-12(15-14-9)8-16(2)20(17,18)11-6-4-5-10(7-11)19-3/h4-7H,8H2,1-3H3,(H,13,14,15). The molecule has 0 bridgehead atoms. The molecule has 8 heteroatoms. The number of hydrogen-bond donors (Lipinski definition) is 1. The van der Waals surface area contributed by atoms with Crippen LogP contribution in [0.4, 0.5) is 0 Å². The van der Waals surface area contributed by atoms with Crippen molar-refractivity contribution in [1.82, 2.24) is 19.5 Å². The molecule has 1 aromatic carbocycles. The molecule has 7 nitrogen and oxygen atoms in total. The van der Waals surface area contributed by atoms with Crippen LogP contribution in [-0.2, 0) is 16.6 Å². The van der Waals surface area contributed by atoms with E-state index in [2.05, 4.69) is 15.2 Å². The lowest BCUT2D eigenvalue weighted by atomic mass is 10.3. The molecule has 0 radical (unpaired) electrons. The molecular weight excluding hydrogens is 280 g/mol. The van der Waals surface area contributed by atoms with Crippen molar-refractivity contribution >= 4 is 10.0 Å². The van der Waals surface area contributed by atoms with Gasteiger partial charge in [0.2, 0.25) is 10.0 Å². The number of hydrogen-bond acceptors (Lipinski definition) is 5. The molecule has 0 saturated heterocycles. The van der Waals surface area contributed by atoms with Gasteiger partial charge in [0.05, 0.1) is 18.6 Å². The van der Waals surface area contributed by atoms with E-state index in [0.29, 0.717) is 17.4 Å². The van der Waals surface area contributed by atoms with E-state index >= 15 is 0 Å². The Morgan fingerprint density at radius 3 is 2.75 bits per heavy atom. The Kier molecular flexibility index (Phi) is 4.05. The molecular formula is C12H16N4O3S. The van der Waals surface area contributed by atoms with E-state index in [1.54, 1.807) is 19.1 Å². The van der Waals surface area contributed by atoms with Gasteiger partial charge in [-0.2, -0.15) is 9.40 Å². The first-order valence-corrected chi connectivity index (χ1v) is 7.36. The van der Waals surface area contributed by atoms with E-state index in [4.69, 9.17) is 4.74 Å². The van der Waals surface area contributed by atoms with Crippen LogP contribution in [-0.4, -0.2) is 42.1 Å². The molecule has 0 amide bonds. The molecule has 0 fully saturated rings. The van der Waals surface area contributed by atoms with Crippen LogP contribution in [0.25, 0.3) is 0 Å². The van der Waals surface area contributed by atoms with Crippen molar-refractivity contribution in [3.05, 3.63) is 35.9 Å². The zero-order valence-electron chi connectivity index (χ0n) is 11.5. The SMILES string of the molecule is COc1cccc(S(=O)(=O)N(C)Cc2n[nH]c(C)n2)c1. The molecule has 1 N–H and O–H groups in total. The fourth-order valence-electron chi connectivity index (χ4n) is 1.69. The molecule has 1 aromatic heterocycles. The monoisotopic (exact) mass is 296 g/mol. The second kappa shape index (κ2) is 5.59. The Bertz CT molecular complexity index is 696. The Hall–Kier alpha value is -1.93. The predicted molar refractivity (Wildman–Crippen MR) is 72.8 cm³/mol. The normalized spacial score (nSPS) is 11.8. The van der Waals surface area contributed by atoms with E-state index in [0.717, 1.165) is 0 Å². The van der Waals surface area contributed by atoms with Gasteiger partial charge < -0.3 is 4.74 Å². The molecule has 1 heterocycles. The van der Waals surface area contributed by atoms with Crippen LogP contribution >= 0.6 is 0 Å². The predicted octanol–water partition coefficient (Wildman–Crippen LogP) is 0.942. The van der Waals surface area contributed by atoms with Crippen LogP contribution in [0, 0.1) is 6.92 Å². The largest absolute Gasteiger partial charge is 0.497 e. The van der Waals surface area contributed by atoms with E-state index in [1.165, 1.54) is 30.6 Å². The van der Waals surface area contributed by atoms with Crippen molar-refractivity contribution in [2.24, 2.45) is 0 Å². The van der Waals surface area contributed by atoms with Crippen molar-refractivity contribution < 1.29 is 13.2 Å². The maximum atomic E-state index is 12.4. The Balaban J connectivity index is 2.24. The molecule has 108 valence electrons. The molecule has 2 aromatic rings. The van der Waals surface area contributed by atoms with Gasteiger partial charge in [-0.25, -0.2) is 13.4 Å². The number of H-pyrrole nitrogens is 1. The van der Waals surface area contributed by atoms with Crippen molar-refractivity contribution in [2.75, 3.05) is 14.2 Å². The Labute approximate surface area is 117 Å². The van der Waals surface area contributed by atoms with Crippen LogP contribution in [0.5, 0.6) is 5.75 Å². The molecule has 0 aliphatic rings. The van der Waals surface area contributed by atoms with Gasteiger partial charge in [0.15, 0.2) is 5.82 Å².